The van der Waals surface area contributed by atoms with Gasteiger partial charge in [-0.3, -0.25) is 4.79 Å². The fourth-order valence-electron chi connectivity index (χ4n) is 3.03. The molecule has 0 aliphatic carbocycles. The van der Waals surface area contributed by atoms with Crippen molar-refractivity contribution in [2.45, 2.75) is 25.0 Å². The molecule has 0 bridgehead atoms. The van der Waals surface area contributed by atoms with Crippen LogP contribution in [-0.2, 0) is 9.53 Å². The second-order valence-corrected chi connectivity index (χ2v) is 5.84. The van der Waals surface area contributed by atoms with Crippen molar-refractivity contribution in [1.29, 1.82) is 0 Å². The fourth-order valence-corrected chi connectivity index (χ4v) is 3.03. The van der Waals surface area contributed by atoms with E-state index in [-0.39, 0.29) is 42.6 Å². The summed E-state index contributed by atoms with van der Waals surface area (Å²) in [4.78, 5) is 14.3. The second-order valence-electron chi connectivity index (χ2n) is 5.84. The number of hydrogen-bond acceptors (Lipinski definition) is 4. The van der Waals surface area contributed by atoms with Crippen LogP contribution in [0, 0.1) is 5.82 Å². The number of hydrogen-bond donors (Lipinski definition) is 2. The molecule has 2 atom stereocenters. The van der Waals surface area contributed by atoms with Gasteiger partial charge >= 0.3 is 0 Å². The highest BCUT2D eigenvalue weighted by molar-refractivity contribution is 5.85. The van der Waals surface area contributed by atoms with Gasteiger partial charge in [0.2, 0.25) is 0 Å². The Bertz CT molecular complexity index is 530. The summed E-state index contributed by atoms with van der Waals surface area (Å²) in [6.45, 7) is 3.51. The normalized spacial score (nSPS) is 23.6. The Balaban J connectivity index is 0.00000144. The van der Waals surface area contributed by atoms with Crippen molar-refractivity contribution in [3.8, 4) is 0 Å². The van der Waals surface area contributed by atoms with Crippen LogP contribution in [0.5, 0.6) is 0 Å². The van der Waals surface area contributed by atoms with E-state index in [0.29, 0.717) is 19.7 Å². The molecule has 136 valence electrons. The Kier molecular flexibility index (Phi) is 8.76. The van der Waals surface area contributed by atoms with Gasteiger partial charge in [0.25, 0.3) is 5.91 Å². The van der Waals surface area contributed by atoms with Gasteiger partial charge in [-0.15, -0.1) is 24.8 Å². The zero-order chi connectivity index (χ0) is 15.4. The van der Waals surface area contributed by atoms with E-state index in [1.807, 2.05) is 6.07 Å². The minimum Gasteiger partial charge on any atom is -0.369 e. The molecule has 2 aliphatic heterocycles. The first-order valence-electron chi connectivity index (χ1n) is 7.85. The SMILES string of the molecule is Cl.Cl.O=C(NC1CCCN(c2cccc(F)c2)C1)C1CNCCO1. The number of halogens is 3. The molecule has 5 nitrogen and oxygen atoms in total. The minimum atomic E-state index is -0.404. The van der Waals surface area contributed by atoms with Gasteiger partial charge in [0, 0.05) is 37.9 Å². The molecule has 1 aromatic rings. The Hall–Kier alpha value is -1.08. The molecule has 0 saturated carbocycles. The third-order valence-electron chi connectivity index (χ3n) is 4.16. The summed E-state index contributed by atoms with van der Waals surface area (Å²) < 4.78 is 18.8. The first-order valence-corrected chi connectivity index (χ1v) is 7.85. The molecular weight excluding hydrogens is 356 g/mol. The number of ether oxygens (including phenoxy) is 1. The smallest absolute Gasteiger partial charge is 0.250 e. The summed E-state index contributed by atoms with van der Waals surface area (Å²) >= 11 is 0. The molecule has 2 heterocycles. The van der Waals surface area contributed by atoms with Gasteiger partial charge in [-0.1, -0.05) is 6.07 Å². The highest BCUT2D eigenvalue weighted by Crippen LogP contribution is 2.20. The lowest BCUT2D eigenvalue weighted by molar-refractivity contribution is -0.135. The average molecular weight is 380 g/mol. The zero-order valence-electron chi connectivity index (χ0n) is 13.4. The van der Waals surface area contributed by atoms with Crippen LogP contribution < -0.4 is 15.5 Å². The van der Waals surface area contributed by atoms with Crippen molar-refractivity contribution >= 4 is 36.4 Å². The van der Waals surface area contributed by atoms with Gasteiger partial charge in [-0.25, -0.2) is 4.39 Å². The third-order valence-corrected chi connectivity index (χ3v) is 4.16. The standard InChI is InChI=1S/C16H22FN3O2.2ClH/c17-12-3-1-5-14(9-12)20-7-2-4-13(11-20)19-16(21)15-10-18-6-8-22-15;;/h1,3,5,9,13,15,18H,2,4,6-8,10-11H2,(H,19,21);2*1H. The second kappa shape index (κ2) is 10.0. The van der Waals surface area contributed by atoms with E-state index in [1.54, 1.807) is 12.1 Å². The summed E-state index contributed by atoms with van der Waals surface area (Å²) in [6, 6.07) is 6.68. The molecule has 2 aliphatic rings. The number of carbonyl (C=O) groups is 1. The first-order chi connectivity index (χ1) is 10.7. The number of carbonyl (C=O) groups excluding carboxylic acids is 1. The minimum absolute atomic E-state index is 0. The van der Waals surface area contributed by atoms with Crippen LogP contribution in [0.3, 0.4) is 0 Å². The number of rotatable bonds is 3. The fraction of sp³-hybridized carbons (Fsp3) is 0.562. The van der Waals surface area contributed by atoms with E-state index in [9.17, 15) is 9.18 Å². The van der Waals surface area contributed by atoms with Gasteiger partial charge < -0.3 is 20.3 Å². The molecule has 1 amide bonds. The maximum atomic E-state index is 13.4. The Labute approximate surface area is 154 Å². The quantitative estimate of drug-likeness (QED) is 0.839. The monoisotopic (exact) mass is 379 g/mol. The van der Waals surface area contributed by atoms with Crippen molar-refractivity contribution in [3.63, 3.8) is 0 Å². The summed E-state index contributed by atoms with van der Waals surface area (Å²) in [7, 11) is 0. The number of anilines is 1. The lowest BCUT2D eigenvalue weighted by atomic mass is 10.0. The van der Waals surface area contributed by atoms with Crippen molar-refractivity contribution in [2.24, 2.45) is 0 Å². The van der Waals surface area contributed by atoms with Crippen LogP contribution in [0.1, 0.15) is 12.8 Å². The highest BCUT2D eigenvalue weighted by atomic mass is 35.5. The maximum Gasteiger partial charge on any atom is 0.250 e. The molecule has 8 heteroatoms. The van der Waals surface area contributed by atoms with E-state index in [4.69, 9.17) is 4.74 Å². The molecule has 2 unspecified atom stereocenters. The molecule has 1 aromatic carbocycles. The Morgan fingerprint density at radius 3 is 2.92 bits per heavy atom. The summed E-state index contributed by atoms with van der Waals surface area (Å²) in [5, 5.41) is 6.22. The van der Waals surface area contributed by atoms with Gasteiger partial charge in [0.05, 0.1) is 6.61 Å². The molecule has 2 saturated heterocycles. The summed E-state index contributed by atoms with van der Waals surface area (Å²) in [5.41, 5.74) is 0.870. The summed E-state index contributed by atoms with van der Waals surface area (Å²) in [6.07, 6.45) is 1.52. The number of amides is 1. The van der Waals surface area contributed by atoms with Crippen LogP contribution in [0.2, 0.25) is 0 Å². The van der Waals surface area contributed by atoms with Crippen molar-refractivity contribution < 1.29 is 13.9 Å². The lowest BCUT2D eigenvalue weighted by Crippen LogP contribution is -2.54. The van der Waals surface area contributed by atoms with E-state index in [0.717, 1.165) is 31.6 Å². The molecule has 24 heavy (non-hydrogen) atoms. The Morgan fingerprint density at radius 1 is 1.38 bits per heavy atom. The molecule has 2 fully saturated rings. The van der Waals surface area contributed by atoms with Crippen molar-refractivity contribution in [1.82, 2.24) is 10.6 Å². The summed E-state index contributed by atoms with van der Waals surface area (Å²) in [5.74, 6) is -0.288. The van der Waals surface area contributed by atoms with Crippen LogP contribution in [0.25, 0.3) is 0 Å². The molecule has 2 N–H and O–H groups in total. The van der Waals surface area contributed by atoms with Crippen molar-refractivity contribution in [2.75, 3.05) is 37.7 Å². The topological polar surface area (TPSA) is 53.6 Å². The van der Waals surface area contributed by atoms with Crippen LogP contribution >= 0.6 is 24.8 Å². The molecule has 0 aromatic heterocycles. The molecule has 3 rings (SSSR count). The zero-order valence-corrected chi connectivity index (χ0v) is 15.0. The van der Waals surface area contributed by atoms with Gasteiger partial charge in [-0.05, 0) is 31.0 Å². The number of nitrogens with zero attached hydrogens (tertiary/aromatic N) is 1. The number of nitrogens with one attached hydrogen (secondary N) is 2. The van der Waals surface area contributed by atoms with Crippen LogP contribution in [0.4, 0.5) is 10.1 Å². The predicted molar refractivity (Wildman–Crippen MR) is 96.9 cm³/mol. The van der Waals surface area contributed by atoms with E-state index >= 15 is 0 Å². The highest BCUT2D eigenvalue weighted by Gasteiger charge is 2.27. The number of morpholine rings is 1. The predicted octanol–water partition coefficient (Wildman–Crippen LogP) is 1.74. The third kappa shape index (κ3) is 5.48. The molecule has 0 radical (unpaired) electrons. The van der Waals surface area contributed by atoms with E-state index in [2.05, 4.69) is 15.5 Å². The van der Waals surface area contributed by atoms with E-state index < -0.39 is 6.10 Å². The average Bonchev–Trinajstić information content (AvgIpc) is 2.56. The van der Waals surface area contributed by atoms with E-state index in [1.165, 1.54) is 6.07 Å². The first kappa shape index (κ1) is 21.0. The van der Waals surface area contributed by atoms with Gasteiger partial charge in [0.1, 0.15) is 11.9 Å². The number of benzene rings is 1. The van der Waals surface area contributed by atoms with Gasteiger partial charge in [0.15, 0.2) is 0 Å². The molecule has 0 spiro atoms. The van der Waals surface area contributed by atoms with Crippen LogP contribution in [-0.4, -0.2) is 50.8 Å². The maximum absolute atomic E-state index is 13.4. The van der Waals surface area contributed by atoms with Crippen molar-refractivity contribution in [3.05, 3.63) is 30.1 Å². The molecular formula is C16H24Cl2FN3O2. The van der Waals surface area contributed by atoms with Crippen LogP contribution in [0.15, 0.2) is 24.3 Å². The lowest BCUT2D eigenvalue weighted by Gasteiger charge is -2.35. The largest absolute Gasteiger partial charge is 0.369 e. The Morgan fingerprint density at radius 2 is 2.21 bits per heavy atom. The van der Waals surface area contributed by atoms with Gasteiger partial charge in [-0.2, -0.15) is 0 Å². The number of piperidine rings is 1.